The van der Waals surface area contributed by atoms with Crippen LogP contribution in [0, 0.1) is 11.3 Å². The number of nitriles is 1. The fraction of sp³-hybridized carbons (Fsp3) is 0.0800. The lowest BCUT2D eigenvalue weighted by atomic mass is 10.2. The van der Waals surface area contributed by atoms with E-state index in [0.717, 1.165) is 17.1 Å². The average molecular weight is 451 g/mol. The summed E-state index contributed by atoms with van der Waals surface area (Å²) in [4.78, 5) is 17.6. The summed E-state index contributed by atoms with van der Waals surface area (Å²) in [5.74, 6) is 1.61. The van der Waals surface area contributed by atoms with E-state index in [4.69, 9.17) is 0 Å². The molecule has 0 saturated heterocycles. The van der Waals surface area contributed by atoms with Crippen LogP contribution in [0.3, 0.4) is 0 Å². The fourth-order valence-electron chi connectivity index (χ4n) is 3.63. The van der Waals surface area contributed by atoms with E-state index in [-0.39, 0.29) is 12.1 Å². The third-order valence-corrected chi connectivity index (χ3v) is 6.10. The summed E-state index contributed by atoms with van der Waals surface area (Å²) in [5, 5.41) is 19.3. The molecule has 160 valence electrons. The van der Waals surface area contributed by atoms with Crippen LogP contribution >= 0.6 is 11.8 Å². The zero-order valence-electron chi connectivity index (χ0n) is 17.5. The van der Waals surface area contributed by atoms with Crippen molar-refractivity contribution in [3.63, 3.8) is 0 Å². The van der Waals surface area contributed by atoms with Gasteiger partial charge in [-0.25, -0.2) is 4.98 Å². The lowest BCUT2D eigenvalue weighted by molar-refractivity contribution is 0.729. The maximum absolute atomic E-state index is 13.0. The molecule has 0 aliphatic heterocycles. The van der Waals surface area contributed by atoms with Crippen LogP contribution in [0.15, 0.2) is 94.9 Å². The van der Waals surface area contributed by atoms with Crippen LogP contribution in [0.5, 0.6) is 0 Å². The van der Waals surface area contributed by atoms with Crippen LogP contribution in [0.1, 0.15) is 5.82 Å². The predicted octanol–water partition coefficient (Wildman–Crippen LogP) is 4.46. The van der Waals surface area contributed by atoms with Gasteiger partial charge in [0.25, 0.3) is 5.56 Å². The quantitative estimate of drug-likeness (QED) is 0.355. The summed E-state index contributed by atoms with van der Waals surface area (Å²) in [6.45, 7) is -0.0623. The number of para-hydroxylation sites is 2. The molecule has 0 spiro atoms. The monoisotopic (exact) mass is 450 g/mol. The Hall–Kier alpha value is -4.22. The highest BCUT2D eigenvalue weighted by Gasteiger charge is 2.18. The van der Waals surface area contributed by atoms with Crippen molar-refractivity contribution in [2.24, 2.45) is 0 Å². The Labute approximate surface area is 194 Å². The van der Waals surface area contributed by atoms with Gasteiger partial charge in [-0.1, -0.05) is 72.4 Å². The number of benzene rings is 3. The van der Waals surface area contributed by atoms with E-state index in [2.05, 4.69) is 21.3 Å². The highest BCUT2D eigenvalue weighted by Crippen LogP contribution is 2.29. The van der Waals surface area contributed by atoms with E-state index in [1.54, 1.807) is 12.1 Å². The molecule has 3 aromatic carbocycles. The minimum atomic E-state index is -0.216. The SMILES string of the molecule is N#CCn1c(CSc2nnc(-c3ccccc3)n2-c2ccccc2)nc2ccccc2c1=O. The largest absolute Gasteiger partial charge is 0.281 e. The van der Waals surface area contributed by atoms with Crippen LogP contribution in [-0.2, 0) is 12.3 Å². The molecule has 0 atom stereocenters. The summed E-state index contributed by atoms with van der Waals surface area (Å²) >= 11 is 1.43. The standard InChI is InChI=1S/C25H18N6OS/c26-15-16-30-22(27-21-14-8-7-13-20(21)24(30)32)17-33-25-29-28-23(18-9-3-1-4-10-18)31(25)19-11-5-2-6-12-19/h1-14H,16-17H2. The second-order valence-corrected chi connectivity index (χ2v) is 8.17. The third-order valence-electron chi connectivity index (χ3n) is 5.18. The molecule has 5 aromatic rings. The molecule has 7 nitrogen and oxygen atoms in total. The van der Waals surface area contributed by atoms with Crippen molar-refractivity contribution in [1.82, 2.24) is 24.3 Å². The number of hydrogen-bond donors (Lipinski definition) is 0. The summed E-state index contributed by atoms with van der Waals surface area (Å²) < 4.78 is 3.42. The Morgan fingerprint density at radius 3 is 2.33 bits per heavy atom. The molecule has 2 aromatic heterocycles. The van der Waals surface area contributed by atoms with E-state index in [9.17, 15) is 10.1 Å². The summed E-state index contributed by atoms with van der Waals surface area (Å²) in [7, 11) is 0. The number of hydrogen-bond acceptors (Lipinski definition) is 6. The van der Waals surface area contributed by atoms with Gasteiger partial charge in [0.05, 0.1) is 22.7 Å². The van der Waals surface area contributed by atoms with Crippen molar-refractivity contribution in [3.05, 3.63) is 101 Å². The molecular formula is C25H18N6OS. The van der Waals surface area contributed by atoms with Crippen molar-refractivity contribution in [2.75, 3.05) is 0 Å². The van der Waals surface area contributed by atoms with Crippen molar-refractivity contribution in [3.8, 4) is 23.1 Å². The summed E-state index contributed by atoms with van der Waals surface area (Å²) in [6.07, 6.45) is 0. The van der Waals surface area contributed by atoms with Gasteiger partial charge in [0.15, 0.2) is 11.0 Å². The van der Waals surface area contributed by atoms with Gasteiger partial charge in [0, 0.05) is 11.3 Å². The van der Waals surface area contributed by atoms with Crippen LogP contribution in [-0.4, -0.2) is 24.3 Å². The minimum absolute atomic E-state index is 0.0623. The van der Waals surface area contributed by atoms with Crippen LogP contribution in [0.4, 0.5) is 0 Å². The zero-order valence-corrected chi connectivity index (χ0v) is 18.3. The number of thioether (sulfide) groups is 1. The van der Waals surface area contributed by atoms with Gasteiger partial charge in [-0.3, -0.25) is 13.9 Å². The second kappa shape index (κ2) is 9.10. The van der Waals surface area contributed by atoms with Crippen molar-refractivity contribution < 1.29 is 0 Å². The number of fused-ring (bicyclic) bond motifs is 1. The maximum atomic E-state index is 13.0. The first-order chi connectivity index (χ1) is 16.3. The maximum Gasteiger partial charge on any atom is 0.262 e. The Bertz CT molecular complexity index is 1520. The third kappa shape index (κ3) is 4.02. The fourth-order valence-corrected chi connectivity index (χ4v) is 4.53. The Morgan fingerprint density at radius 2 is 1.58 bits per heavy atom. The molecule has 0 fully saturated rings. The average Bonchev–Trinajstić information content (AvgIpc) is 3.30. The van der Waals surface area contributed by atoms with Gasteiger partial charge in [0.2, 0.25) is 0 Å². The predicted molar refractivity (Wildman–Crippen MR) is 128 cm³/mol. The topological polar surface area (TPSA) is 89.4 Å². The van der Waals surface area contributed by atoms with Gasteiger partial charge in [-0.2, -0.15) is 5.26 Å². The number of nitrogens with zero attached hydrogens (tertiary/aromatic N) is 6. The van der Waals surface area contributed by atoms with E-state index >= 15 is 0 Å². The first kappa shape index (κ1) is 20.7. The Balaban J connectivity index is 1.57. The van der Waals surface area contributed by atoms with Crippen molar-refractivity contribution in [1.29, 1.82) is 5.26 Å². The van der Waals surface area contributed by atoms with Crippen molar-refractivity contribution >= 4 is 22.7 Å². The van der Waals surface area contributed by atoms with E-state index < -0.39 is 0 Å². The van der Waals surface area contributed by atoms with Gasteiger partial charge in [-0.05, 0) is 24.3 Å². The summed E-state index contributed by atoms with van der Waals surface area (Å²) in [6, 6.07) is 29.0. The molecule has 5 rings (SSSR count). The van der Waals surface area contributed by atoms with E-state index in [1.165, 1.54) is 16.3 Å². The number of aromatic nitrogens is 5. The highest BCUT2D eigenvalue weighted by molar-refractivity contribution is 7.98. The Morgan fingerprint density at radius 1 is 0.879 bits per heavy atom. The molecule has 0 aliphatic rings. The van der Waals surface area contributed by atoms with Crippen molar-refractivity contribution in [2.45, 2.75) is 17.5 Å². The summed E-state index contributed by atoms with van der Waals surface area (Å²) in [5.41, 5.74) is 2.28. The molecule has 33 heavy (non-hydrogen) atoms. The molecule has 0 radical (unpaired) electrons. The van der Waals surface area contributed by atoms with Crippen LogP contribution < -0.4 is 5.56 Å². The second-order valence-electron chi connectivity index (χ2n) is 7.23. The van der Waals surface area contributed by atoms with Crippen LogP contribution in [0.25, 0.3) is 28.0 Å². The van der Waals surface area contributed by atoms with E-state index in [0.29, 0.717) is 27.6 Å². The molecule has 0 saturated carbocycles. The lowest BCUT2D eigenvalue weighted by Gasteiger charge is -2.12. The smallest absolute Gasteiger partial charge is 0.262 e. The number of rotatable bonds is 6. The molecule has 2 heterocycles. The normalized spacial score (nSPS) is 10.9. The van der Waals surface area contributed by atoms with Gasteiger partial charge in [-0.15, -0.1) is 10.2 Å². The molecule has 0 unspecified atom stereocenters. The van der Waals surface area contributed by atoms with Crippen LogP contribution in [0.2, 0.25) is 0 Å². The Kier molecular flexibility index (Phi) is 5.70. The molecule has 0 amide bonds. The van der Waals surface area contributed by atoms with Gasteiger partial charge < -0.3 is 0 Å². The van der Waals surface area contributed by atoms with Gasteiger partial charge >= 0.3 is 0 Å². The first-order valence-electron chi connectivity index (χ1n) is 10.3. The first-order valence-corrected chi connectivity index (χ1v) is 11.3. The lowest BCUT2D eigenvalue weighted by Crippen LogP contribution is -2.24. The molecule has 0 aliphatic carbocycles. The van der Waals surface area contributed by atoms with Gasteiger partial charge in [0.1, 0.15) is 12.4 Å². The molecule has 0 bridgehead atoms. The highest BCUT2D eigenvalue weighted by atomic mass is 32.2. The van der Waals surface area contributed by atoms with E-state index in [1.807, 2.05) is 77.4 Å². The molecule has 8 heteroatoms. The molecule has 0 N–H and O–H groups in total. The molecular weight excluding hydrogens is 432 g/mol. The minimum Gasteiger partial charge on any atom is -0.281 e. The zero-order chi connectivity index (χ0) is 22.6.